The first-order valence-corrected chi connectivity index (χ1v) is 7.58. The molecule has 0 spiro atoms. The van der Waals surface area contributed by atoms with Gasteiger partial charge in [0.05, 0.1) is 17.1 Å². The van der Waals surface area contributed by atoms with Crippen LogP contribution in [0.4, 0.5) is 4.39 Å². The Morgan fingerprint density at radius 2 is 1.86 bits per heavy atom. The number of hydrogen-bond acceptors (Lipinski definition) is 3. The van der Waals surface area contributed by atoms with E-state index in [1.165, 1.54) is 6.07 Å². The molecule has 0 saturated heterocycles. The van der Waals surface area contributed by atoms with E-state index in [0.29, 0.717) is 11.1 Å². The van der Waals surface area contributed by atoms with E-state index in [1.54, 1.807) is 12.1 Å². The van der Waals surface area contributed by atoms with Crippen LogP contribution in [0.25, 0.3) is 0 Å². The normalized spacial score (nSPS) is 12.2. The SMILES string of the molecule is CCCOc1ccc(C(NN)c2ccc(F)c(Br)c2)cc1. The zero-order valence-corrected chi connectivity index (χ0v) is 13.4. The number of halogens is 2. The molecule has 1 unspecified atom stereocenters. The van der Waals surface area contributed by atoms with Gasteiger partial charge in [0.15, 0.2) is 0 Å². The van der Waals surface area contributed by atoms with E-state index in [4.69, 9.17) is 10.6 Å². The molecule has 0 saturated carbocycles. The summed E-state index contributed by atoms with van der Waals surface area (Å²) in [5.74, 6) is 6.19. The van der Waals surface area contributed by atoms with Crippen molar-refractivity contribution in [1.29, 1.82) is 0 Å². The number of benzene rings is 2. The molecule has 0 bridgehead atoms. The van der Waals surface area contributed by atoms with E-state index >= 15 is 0 Å². The predicted molar refractivity (Wildman–Crippen MR) is 85.5 cm³/mol. The van der Waals surface area contributed by atoms with Gasteiger partial charge in [0.2, 0.25) is 0 Å². The minimum atomic E-state index is -0.294. The predicted octanol–water partition coefficient (Wildman–Crippen LogP) is 3.93. The summed E-state index contributed by atoms with van der Waals surface area (Å²) in [5.41, 5.74) is 4.63. The van der Waals surface area contributed by atoms with Crippen LogP contribution in [-0.4, -0.2) is 6.61 Å². The standard InChI is InChI=1S/C16H18BrFN2O/c1-2-9-21-13-6-3-11(4-7-13)16(20-19)12-5-8-15(18)14(17)10-12/h3-8,10,16,20H,2,9,19H2,1H3. The topological polar surface area (TPSA) is 47.3 Å². The molecule has 0 aliphatic carbocycles. The van der Waals surface area contributed by atoms with Gasteiger partial charge in [0.1, 0.15) is 11.6 Å². The van der Waals surface area contributed by atoms with Crippen LogP contribution in [0.15, 0.2) is 46.9 Å². The van der Waals surface area contributed by atoms with Crippen LogP contribution in [0.1, 0.15) is 30.5 Å². The molecule has 2 rings (SSSR count). The van der Waals surface area contributed by atoms with Gasteiger partial charge in [-0.1, -0.05) is 25.1 Å². The van der Waals surface area contributed by atoms with Crippen LogP contribution in [-0.2, 0) is 0 Å². The molecule has 112 valence electrons. The lowest BCUT2D eigenvalue weighted by molar-refractivity contribution is 0.317. The summed E-state index contributed by atoms with van der Waals surface area (Å²) in [4.78, 5) is 0. The van der Waals surface area contributed by atoms with Crippen LogP contribution in [0.2, 0.25) is 0 Å². The first kappa shape index (κ1) is 15.9. The molecule has 3 N–H and O–H groups in total. The molecule has 0 aliphatic heterocycles. The van der Waals surface area contributed by atoms with Gasteiger partial charge in [-0.3, -0.25) is 5.84 Å². The highest BCUT2D eigenvalue weighted by atomic mass is 79.9. The van der Waals surface area contributed by atoms with E-state index in [9.17, 15) is 4.39 Å². The molecule has 2 aromatic carbocycles. The Balaban J connectivity index is 2.22. The summed E-state index contributed by atoms with van der Waals surface area (Å²) in [6.07, 6.45) is 0.971. The third-order valence-electron chi connectivity index (χ3n) is 3.13. The molecule has 1 atom stereocenters. The van der Waals surface area contributed by atoms with Crippen molar-refractivity contribution in [3.05, 3.63) is 63.9 Å². The highest BCUT2D eigenvalue weighted by Gasteiger charge is 2.14. The summed E-state index contributed by atoms with van der Waals surface area (Å²) in [6.45, 7) is 2.76. The van der Waals surface area contributed by atoms with E-state index in [-0.39, 0.29) is 11.9 Å². The molecule has 0 amide bonds. The third-order valence-corrected chi connectivity index (χ3v) is 3.74. The fourth-order valence-corrected chi connectivity index (χ4v) is 2.45. The fraction of sp³-hybridized carbons (Fsp3) is 0.250. The van der Waals surface area contributed by atoms with Crippen molar-refractivity contribution < 1.29 is 9.13 Å². The fourth-order valence-electron chi connectivity index (χ4n) is 2.05. The number of ether oxygens (including phenoxy) is 1. The Hall–Kier alpha value is -1.43. The first-order chi connectivity index (χ1) is 10.2. The van der Waals surface area contributed by atoms with Gasteiger partial charge < -0.3 is 4.74 Å². The quantitative estimate of drug-likeness (QED) is 0.611. The van der Waals surface area contributed by atoms with Gasteiger partial charge in [0, 0.05) is 0 Å². The second kappa shape index (κ2) is 7.54. The average molecular weight is 353 g/mol. The number of nitrogens with one attached hydrogen (secondary N) is 1. The van der Waals surface area contributed by atoms with Crippen LogP contribution in [0.3, 0.4) is 0 Å². The lowest BCUT2D eigenvalue weighted by Gasteiger charge is -2.18. The van der Waals surface area contributed by atoms with Crippen molar-refractivity contribution in [3.8, 4) is 5.75 Å². The Labute approximate surface area is 132 Å². The summed E-state index contributed by atoms with van der Waals surface area (Å²) in [7, 11) is 0. The molecule has 0 heterocycles. The van der Waals surface area contributed by atoms with E-state index in [1.807, 2.05) is 24.3 Å². The number of hydrazine groups is 1. The van der Waals surface area contributed by atoms with Gasteiger partial charge in [-0.2, -0.15) is 0 Å². The summed E-state index contributed by atoms with van der Waals surface area (Å²) in [6, 6.07) is 12.4. The monoisotopic (exact) mass is 352 g/mol. The van der Waals surface area contributed by atoms with Crippen molar-refractivity contribution in [2.45, 2.75) is 19.4 Å². The van der Waals surface area contributed by atoms with Crippen LogP contribution in [0.5, 0.6) is 5.75 Å². The average Bonchev–Trinajstić information content (AvgIpc) is 2.50. The maximum atomic E-state index is 13.3. The summed E-state index contributed by atoms with van der Waals surface area (Å²) < 4.78 is 19.3. The van der Waals surface area contributed by atoms with Crippen molar-refractivity contribution in [3.63, 3.8) is 0 Å². The van der Waals surface area contributed by atoms with E-state index in [0.717, 1.165) is 23.3 Å². The highest BCUT2D eigenvalue weighted by molar-refractivity contribution is 9.10. The van der Waals surface area contributed by atoms with Crippen molar-refractivity contribution >= 4 is 15.9 Å². The van der Waals surface area contributed by atoms with Gasteiger partial charge in [0.25, 0.3) is 0 Å². The molecule has 0 aromatic heterocycles. The summed E-state index contributed by atoms with van der Waals surface area (Å²) >= 11 is 3.19. The largest absolute Gasteiger partial charge is 0.494 e. The second-order valence-corrected chi connectivity index (χ2v) is 5.55. The molecule has 2 aromatic rings. The molecular weight excluding hydrogens is 335 g/mol. The first-order valence-electron chi connectivity index (χ1n) is 6.79. The maximum absolute atomic E-state index is 13.3. The molecule has 3 nitrogen and oxygen atoms in total. The number of rotatable bonds is 6. The van der Waals surface area contributed by atoms with Crippen LogP contribution >= 0.6 is 15.9 Å². The minimum Gasteiger partial charge on any atom is -0.494 e. The van der Waals surface area contributed by atoms with Gasteiger partial charge in [-0.15, -0.1) is 0 Å². The smallest absolute Gasteiger partial charge is 0.137 e. The Kier molecular flexibility index (Phi) is 5.73. The zero-order valence-electron chi connectivity index (χ0n) is 11.8. The van der Waals surface area contributed by atoms with Crippen molar-refractivity contribution in [2.24, 2.45) is 5.84 Å². The molecule has 0 fully saturated rings. The molecule has 0 aliphatic rings. The Morgan fingerprint density at radius 1 is 1.19 bits per heavy atom. The molecule has 5 heteroatoms. The van der Waals surface area contributed by atoms with Gasteiger partial charge >= 0.3 is 0 Å². The van der Waals surface area contributed by atoms with Crippen molar-refractivity contribution in [2.75, 3.05) is 6.61 Å². The highest BCUT2D eigenvalue weighted by Crippen LogP contribution is 2.27. The minimum absolute atomic E-state index is 0.206. The van der Waals surface area contributed by atoms with Crippen molar-refractivity contribution in [1.82, 2.24) is 5.43 Å². The van der Waals surface area contributed by atoms with Crippen LogP contribution in [0, 0.1) is 5.82 Å². The third kappa shape index (κ3) is 4.03. The second-order valence-electron chi connectivity index (χ2n) is 4.69. The lowest BCUT2D eigenvalue weighted by Crippen LogP contribution is -2.28. The maximum Gasteiger partial charge on any atom is 0.137 e. The zero-order chi connectivity index (χ0) is 15.2. The molecular formula is C16H18BrFN2O. The van der Waals surface area contributed by atoms with Gasteiger partial charge in [-0.05, 0) is 57.7 Å². The van der Waals surface area contributed by atoms with E-state index in [2.05, 4.69) is 28.3 Å². The Morgan fingerprint density at radius 3 is 2.43 bits per heavy atom. The Bertz CT molecular complexity index is 589. The molecule has 0 radical (unpaired) electrons. The summed E-state index contributed by atoms with van der Waals surface area (Å²) in [5, 5.41) is 0. The lowest BCUT2D eigenvalue weighted by atomic mass is 9.99. The number of hydrogen-bond donors (Lipinski definition) is 2. The van der Waals surface area contributed by atoms with Gasteiger partial charge in [-0.25, -0.2) is 9.82 Å². The van der Waals surface area contributed by atoms with Crippen LogP contribution < -0.4 is 16.0 Å². The number of nitrogens with two attached hydrogens (primary N) is 1. The molecule has 21 heavy (non-hydrogen) atoms. The van der Waals surface area contributed by atoms with E-state index < -0.39 is 0 Å².